The van der Waals surface area contributed by atoms with Crippen LogP contribution in [0.4, 0.5) is 11.6 Å². The average molecular weight is 424 g/mol. The van der Waals surface area contributed by atoms with Gasteiger partial charge >= 0.3 is 0 Å². The number of aromatic nitrogens is 3. The molecular formula is C22H25N5O2S. The van der Waals surface area contributed by atoms with Gasteiger partial charge in [-0.3, -0.25) is 9.36 Å². The lowest BCUT2D eigenvalue weighted by molar-refractivity contribution is -0.113. The van der Waals surface area contributed by atoms with Crippen LogP contribution in [-0.2, 0) is 4.79 Å². The van der Waals surface area contributed by atoms with Crippen LogP contribution in [0.5, 0.6) is 5.75 Å². The standard InChI is InChI=1S/C22H25N5O2S/c1-16-8-10-18(11-9-16)27-21(26-12-3-4-13-26)24-25-22(27)30-15-20(28)23-17-6-5-7-19(14-17)29-2/h5-11,14H,3-4,12-13,15H2,1-2H3,(H,23,28). The Balaban J connectivity index is 1.51. The fourth-order valence-corrected chi connectivity index (χ4v) is 4.17. The van der Waals surface area contributed by atoms with Crippen LogP contribution in [0.15, 0.2) is 53.7 Å². The van der Waals surface area contributed by atoms with Gasteiger partial charge in [0.25, 0.3) is 0 Å². The molecule has 3 aromatic rings. The van der Waals surface area contributed by atoms with E-state index in [9.17, 15) is 4.79 Å². The topological polar surface area (TPSA) is 72.3 Å². The Morgan fingerprint density at radius 3 is 2.63 bits per heavy atom. The molecule has 0 aliphatic carbocycles. The maximum absolute atomic E-state index is 12.5. The summed E-state index contributed by atoms with van der Waals surface area (Å²) in [6.45, 7) is 4.02. The fraction of sp³-hybridized carbons (Fsp3) is 0.318. The highest BCUT2D eigenvalue weighted by Crippen LogP contribution is 2.29. The zero-order valence-electron chi connectivity index (χ0n) is 17.2. The minimum absolute atomic E-state index is 0.102. The number of aryl methyl sites for hydroxylation is 1. The molecular weight excluding hydrogens is 398 g/mol. The van der Waals surface area contributed by atoms with Crippen molar-refractivity contribution in [1.82, 2.24) is 14.8 Å². The van der Waals surface area contributed by atoms with Crippen LogP contribution >= 0.6 is 11.8 Å². The molecule has 2 heterocycles. The molecule has 156 valence electrons. The number of nitrogens with one attached hydrogen (secondary N) is 1. The molecule has 0 radical (unpaired) electrons. The van der Waals surface area contributed by atoms with Crippen LogP contribution in [-0.4, -0.2) is 46.6 Å². The molecule has 1 aliphatic heterocycles. The van der Waals surface area contributed by atoms with Gasteiger partial charge in [0.05, 0.1) is 18.6 Å². The Morgan fingerprint density at radius 1 is 1.13 bits per heavy atom. The molecule has 1 N–H and O–H groups in total. The number of amides is 1. The zero-order chi connectivity index (χ0) is 20.9. The third-order valence-electron chi connectivity index (χ3n) is 4.98. The van der Waals surface area contributed by atoms with Gasteiger partial charge in [0.1, 0.15) is 5.75 Å². The number of ether oxygens (including phenoxy) is 1. The van der Waals surface area contributed by atoms with Crippen LogP contribution in [0.3, 0.4) is 0 Å². The Labute approximate surface area is 180 Å². The van der Waals surface area contributed by atoms with Crippen LogP contribution in [0.2, 0.25) is 0 Å². The van der Waals surface area contributed by atoms with Crippen molar-refractivity contribution in [3.63, 3.8) is 0 Å². The van der Waals surface area contributed by atoms with E-state index in [0.717, 1.165) is 37.6 Å². The minimum Gasteiger partial charge on any atom is -0.497 e. The number of hydrogen-bond acceptors (Lipinski definition) is 6. The van der Waals surface area contributed by atoms with Gasteiger partial charge in [-0.2, -0.15) is 0 Å². The second-order valence-corrected chi connectivity index (χ2v) is 8.16. The lowest BCUT2D eigenvalue weighted by Crippen LogP contribution is -2.22. The van der Waals surface area contributed by atoms with Crippen molar-refractivity contribution < 1.29 is 9.53 Å². The molecule has 0 bridgehead atoms. The first-order valence-corrected chi connectivity index (χ1v) is 11.0. The molecule has 1 fully saturated rings. The maximum Gasteiger partial charge on any atom is 0.234 e. The average Bonchev–Trinajstić information content (AvgIpc) is 3.43. The zero-order valence-corrected chi connectivity index (χ0v) is 18.0. The molecule has 1 saturated heterocycles. The molecule has 1 aliphatic rings. The van der Waals surface area contributed by atoms with Gasteiger partial charge in [0, 0.05) is 24.8 Å². The molecule has 30 heavy (non-hydrogen) atoms. The van der Waals surface area contributed by atoms with Gasteiger partial charge in [-0.15, -0.1) is 10.2 Å². The van der Waals surface area contributed by atoms with Crippen molar-refractivity contribution >= 4 is 29.3 Å². The van der Waals surface area contributed by atoms with E-state index in [4.69, 9.17) is 4.74 Å². The smallest absolute Gasteiger partial charge is 0.234 e. The molecule has 0 atom stereocenters. The molecule has 8 heteroatoms. The predicted octanol–water partition coefficient (Wildman–Crippen LogP) is 3.92. The molecule has 1 amide bonds. The first-order chi connectivity index (χ1) is 14.6. The quantitative estimate of drug-likeness (QED) is 0.581. The summed E-state index contributed by atoms with van der Waals surface area (Å²) in [5.41, 5.74) is 2.90. The van der Waals surface area contributed by atoms with Crippen molar-refractivity contribution in [1.29, 1.82) is 0 Å². The fourth-order valence-electron chi connectivity index (χ4n) is 3.43. The number of methoxy groups -OCH3 is 1. The normalized spacial score (nSPS) is 13.5. The van der Waals surface area contributed by atoms with E-state index in [1.807, 2.05) is 22.8 Å². The molecule has 7 nitrogen and oxygen atoms in total. The number of thioether (sulfide) groups is 1. The summed E-state index contributed by atoms with van der Waals surface area (Å²) in [4.78, 5) is 14.8. The highest BCUT2D eigenvalue weighted by molar-refractivity contribution is 7.99. The monoisotopic (exact) mass is 423 g/mol. The Kier molecular flexibility index (Phi) is 6.23. The Hall–Kier alpha value is -3.00. The summed E-state index contributed by atoms with van der Waals surface area (Å²) in [6.07, 6.45) is 2.32. The summed E-state index contributed by atoms with van der Waals surface area (Å²) < 4.78 is 7.26. The third kappa shape index (κ3) is 4.59. The van der Waals surface area contributed by atoms with E-state index in [-0.39, 0.29) is 11.7 Å². The Bertz CT molecular complexity index is 1010. The van der Waals surface area contributed by atoms with Crippen molar-refractivity contribution in [2.45, 2.75) is 24.9 Å². The van der Waals surface area contributed by atoms with E-state index in [1.54, 1.807) is 13.2 Å². The number of anilines is 2. The first kappa shape index (κ1) is 20.3. The number of hydrogen-bond donors (Lipinski definition) is 1. The largest absolute Gasteiger partial charge is 0.497 e. The summed E-state index contributed by atoms with van der Waals surface area (Å²) in [5, 5.41) is 12.5. The maximum atomic E-state index is 12.5. The highest BCUT2D eigenvalue weighted by atomic mass is 32.2. The number of rotatable bonds is 7. The Morgan fingerprint density at radius 2 is 1.90 bits per heavy atom. The SMILES string of the molecule is COc1cccc(NC(=O)CSc2nnc(N3CCCC3)n2-c2ccc(C)cc2)c1. The number of carbonyl (C=O) groups is 1. The minimum atomic E-state index is -0.102. The predicted molar refractivity (Wildman–Crippen MR) is 120 cm³/mol. The highest BCUT2D eigenvalue weighted by Gasteiger charge is 2.23. The van der Waals surface area contributed by atoms with E-state index >= 15 is 0 Å². The van der Waals surface area contributed by atoms with Crippen molar-refractivity contribution in [3.05, 3.63) is 54.1 Å². The van der Waals surface area contributed by atoms with E-state index in [0.29, 0.717) is 16.6 Å². The van der Waals surface area contributed by atoms with Gasteiger partial charge in [-0.1, -0.05) is 35.5 Å². The summed E-state index contributed by atoms with van der Waals surface area (Å²) in [7, 11) is 1.60. The van der Waals surface area contributed by atoms with Gasteiger partial charge in [0.15, 0.2) is 5.16 Å². The second-order valence-electron chi connectivity index (χ2n) is 7.22. The number of carbonyl (C=O) groups excluding carboxylic acids is 1. The molecule has 2 aromatic carbocycles. The van der Waals surface area contributed by atoms with Gasteiger partial charge in [-0.05, 0) is 44.0 Å². The number of nitrogens with zero attached hydrogens (tertiary/aromatic N) is 4. The van der Waals surface area contributed by atoms with Gasteiger partial charge in [-0.25, -0.2) is 0 Å². The molecule has 4 rings (SSSR count). The lowest BCUT2D eigenvalue weighted by atomic mass is 10.2. The van der Waals surface area contributed by atoms with Crippen LogP contribution < -0.4 is 15.0 Å². The van der Waals surface area contributed by atoms with Crippen LogP contribution in [0.1, 0.15) is 18.4 Å². The van der Waals surface area contributed by atoms with Crippen molar-refractivity contribution in [2.24, 2.45) is 0 Å². The molecule has 0 unspecified atom stereocenters. The molecule has 0 saturated carbocycles. The summed E-state index contributed by atoms with van der Waals surface area (Å²) >= 11 is 1.38. The third-order valence-corrected chi connectivity index (χ3v) is 5.91. The lowest BCUT2D eigenvalue weighted by Gasteiger charge is -2.18. The summed E-state index contributed by atoms with van der Waals surface area (Å²) in [5.74, 6) is 1.68. The second kappa shape index (κ2) is 9.21. The van der Waals surface area contributed by atoms with E-state index < -0.39 is 0 Å². The summed E-state index contributed by atoms with van der Waals surface area (Å²) in [6, 6.07) is 15.6. The number of benzene rings is 2. The molecule has 1 aromatic heterocycles. The van der Waals surface area contributed by atoms with Crippen molar-refractivity contribution in [3.8, 4) is 11.4 Å². The van der Waals surface area contributed by atoms with Gasteiger partial charge < -0.3 is 15.0 Å². The first-order valence-electron chi connectivity index (χ1n) is 9.98. The van der Waals surface area contributed by atoms with Crippen LogP contribution in [0.25, 0.3) is 5.69 Å². The van der Waals surface area contributed by atoms with E-state index in [2.05, 4.69) is 51.6 Å². The van der Waals surface area contributed by atoms with Crippen LogP contribution in [0, 0.1) is 6.92 Å². The van der Waals surface area contributed by atoms with Crippen molar-refractivity contribution in [2.75, 3.05) is 36.2 Å². The van der Waals surface area contributed by atoms with E-state index in [1.165, 1.54) is 17.3 Å². The van der Waals surface area contributed by atoms with Gasteiger partial charge in [0.2, 0.25) is 11.9 Å². The molecule has 0 spiro atoms.